The molecule has 0 N–H and O–H groups in total. The van der Waals surface area contributed by atoms with E-state index in [-0.39, 0.29) is 31.1 Å². The number of carbonyl (C=O) groups is 2. The number of ether oxygens (including phenoxy) is 1. The molecular weight excluding hydrogens is 514 g/mol. The minimum absolute atomic E-state index is 0.149. The van der Waals surface area contributed by atoms with Gasteiger partial charge in [-0.3, -0.25) is 14.6 Å². The number of carbonyl (C=O) groups excluding carboxylic acids is 2. The molecule has 41 heavy (non-hydrogen) atoms. The Balaban J connectivity index is 1.25. The number of hydrogen-bond acceptors (Lipinski definition) is 6. The first-order chi connectivity index (χ1) is 19.9. The van der Waals surface area contributed by atoms with Crippen LogP contribution in [-0.4, -0.2) is 51.9 Å². The third-order valence-corrected chi connectivity index (χ3v) is 8.84. The second kappa shape index (κ2) is 10.7. The molecule has 0 aromatic heterocycles. The van der Waals surface area contributed by atoms with Gasteiger partial charge in [-0.15, -0.1) is 0 Å². The average molecular weight is 546 g/mol. The molecule has 2 fully saturated rings. The van der Waals surface area contributed by atoms with Gasteiger partial charge in [-0.05, 0) is 72.4 Å². The fraction of sp³-hybridized carbons (Fsp3) is 0.333. The SMILES string of the molecule is C[C@H](c1ccc2c(c1)OCC2)N1CCC2(CC1)C(=O)N(Cc1ccc(C#N)cc1)C(=O)N2Cc1ccc(C#N)cc1. The van der Waals surface area contributed by atoms with Crippen LogP contribution in [0.2, 0.25) is 0 Å². The quantitative estimate of drug-likeness (QED) is 0.408. The van der Waals surface area contributed by atoms with Crippen molar-refractivity contribution in [2.45, 2.75) is 50.9 Å². The number of hydrogen-bond donors (Lipinski definition) is 0. The molecule has 8 heteroatoms. The van der Waals surface area contributed by atoms with Crippen molar-refractivity contribution in [3.05, 3.63) is 100 Å². The van der Waals surface area contributed by atoms with Gasteiger partial charge in [0.2, 0.25) is 0 Å². The second-order valence-corrected chi connectivity index (χ2v) is 11.1. The predicted molar refractivity (Wildman–Crippen MR) is 151 cm³/mol. The van der Waals surface area contributed by atoms with Crippen molar-refractivity contribution in [2.75, 3.05) is 19.7 Å². The number of benzene rings is 3. The largest absolute Gasteiger partial charge is 0.493 e. The summed E-state index contributed by atoms with van der Waals surface area (Å²) in [5, 5.41) is 18.3. The van der Waals surface area contributed by atoms with Crippen LogP contribution < -0.4 is 4.74 Å². The predicted octanol–water partition coefficient (Wildman–Crippen LogP) is 4.93. The van der Waals surface area contributed by atoms with Crippen LogP contribution in [0.3, 0.4) is 0 Å². The van der Waals surface area contributed by atoms with Gasteiger partial charge in [0, 0.05) is 32.1 Å². The van der Waals surface area contributed by atoms with Gasteiger partial charge in [-0.25, -0.2) is 4.79 Å². The van der Waals surface area contributed by atoms with E-state index in [2.05, 4.69) is 42.2 Å². The Morgan fingerprint density at radius 1 is 0.878 bits per heavy atom. The molecule has 3 aromatic rings. The fourth-order valence-corrected chi connectivity index (χ4v) is 6.29. The van der Waals surface area contributed by atoms with Gasteiger partial charge in [0.05, 0.1) is 36.4 Å². The van der Waals surface area contributed by atoms with Gasteiger partial charge in [-0.2, -0.15) is 10.5 Å². The lowest BCUT2D eigenvalue weighted by Gasteiger charge is -2.44. The Labute approximate surface area is 240 Å². The second-order valence-electron chi connectivity index (χ2n) is 11.1. The molecule has 3 amide bonds. The van der Waals surface area contributed by atoms with Crippen molar-refractivity contribution < 1.29 is 14.3 Å². The summed E-state index contributed by atoms with van der Waals surface area (Å²) >= 11 is 0. The van der Waals surface area contributed by atoms with E-state index >= 15 is 0 Å². The van der Waals surface area contributed by atoms with E-state index in [1.54, 1.807) is 41.3 Å². The standard InChI is InChI=1S/C33H31N5O3/c1-23(29-11-10-28-12-17-41-30(28)18-29)36-15-13-33(14-16-36)31(39)37(21-26-6-2-24(19-34)3-7-26)32(40)38(33)22-27-8-4-25(20-35)5-9-27/h2-11,18,23H,12-17,21-22H2,1H3/t23-/m1/s1. The monoisotopic (exact) mass is 545 g/mol. The zero-order chi connectivity index (χ0) is 28.6. The van der Waals surface area contributed by atoms with Crippen molar-refractivity contribution in [1.82, 2.24) is 14.7 Å². The maximum absolute atomic E-state index is 14.1. The highest BCUT2D eigenvalue weighted by Crippen LogP contribution is 2.41. The van der Waals surface area contributed by atoms with Crippen LogP contribution >= 0.6 is 0 Å². The lowest BCUT2D eigenvalue weighted by Crippen LogP contribution is -2.56. The summed E-state index contributed by atoms with van der Waals surface area (Å²) < 4.78 is 5.79. The molecule has 3 aliphatic heterocycles. The van der Waals surface area contributed by atoms with Crippen LogP contribution in [0.15, 0.2) is 66.7 Å². The molecule has 1 atom stereocenters. The molecule has 0 unspecified atom stereocenters. The van der Waals surface area contributed by atoms with Gasteiger partial charge in [-0.1, -0.05) is 36.4 Å². The van der Waals surface area contributed by atoms with E-state index in [1.807, 2.05) is 12.1 Å². The van der Waals surface area contributed by atoms with E-state index in [1.165, 1.54) is 16.0 Å². The van der Waals surface area contributed by atoms with Crippen LogP contribution in [0.25, 0.3) is 0 Å². The highest BCUT2D eigenvalue weighted by atomic mass is 16.5. The maximum atomic E-state index is 14.1. The zero-order valence-corrected chi connectivity index (χ0v) is 23.0. The number of nitriles is 2. The van der Waals surface area contributed by atoms with E-state index < -0.39 is 5.54 Å². The lowest BCUT2D eigenvalue weighted by molar-refractivity contribution is -0.136. The molecule has 1 spiro atoms. The summed E-state index contributed by atoms with van der Waals surface area (Å²) in [4.78, 5) is 33.5. The Hall–Kier alpha value is -4.66. The Kier molecular flexibility index (Phi) is 6.95. The van der Waals surface area contributed by atoms with E-state index in [4.69, 9.17) is 10.00 Å². The molecule has 6 rings (SSSR count). The highest BCUT2D eigenvalue weighted by molar-refractivity contribution is 6.07. The van der Waals surface area contributed by atoms with E-state index in [0.717, 1.165) is 29.9 Å². The van der Waals surface area contributed by atoms with Gasteiger partial charge >= 0.3 is 6.03 Å². The Morgan fingerprint density at radius 2 is 1.49 bits per heavy atom. The summed E-state index contributed by atoms with van der Waals surface area (Å²) in [5.41, 5.74) is 4.25. The molecule has 3 aliphatic rings. The maximum Gasteiger partial charge on any atom is 0.328 e. The molecule has 0 saturated carbocycles. The minimum atomic E-state index is -0.936. The summed E-state index contributed by atoms with van der Waals surface area (Å²) in [5.74, 6) is 0.796. The summed E-state index contributed by atoms with van der Waals surface area (Å²) in [7, 11) is 0. The average Bonchev–Trinajstić information content (AvgIpc) is 3.56. The number of fused-ring (bicyclic) bond motifs is 1. The van der Waals surface area contributed by atoms with Crippen molar-refractivity contribution >= 4 is 11.9 Å². The van der Waals surface area contributed by atoms with Crippen molar-refractivity contribution in [2.24, 2.45) is 0 Å². The van der Waals surface area contributed by atoms with Crippen LogP contribution in [0.1, 0.15) is 59.2 Å². The first-order valence-electron chi connectivity index (χ1n) is 14.0. The first kappa shape index (κ1) is 26.6. The number of amides is 3. The molecule has 3 aromatic carbocycles. The molecule has 206 valence electrons. The molecule has 0 radical (unpaired) electrons. The van der Waals surface area contributed by atoms with Gasteiger partial charge in [0.1, 0.15) is 11.3 Å². The molecule has 2 saturated heterocycles. The summed E-state index contributed by atoms with van der Waals surface area (Å²) in [6, 6.07) is 24.7. The van der Waals surface area contributed by atoms with Gasteiger partial charge < -0.3 is 9.64 Å². The topological polar surface area (TPSA) is 101 Å². The number of nitrogens with zero attached hydrogens (tertiary/aromatic N) is 5. The lowest BCUT2D eigenvalue weighted by atomic mass is 9.84. The third-order valence-electron chi connectivity index (χ3n) is 8.84. The number of piperidine rings is 1. The van der Waals surface area contributed by atoms with Crippen LogP contribution in [0.4, 0.5) is 4.79 Å². The zero-order valence-electron chi connectivity index (χ0n) is 23.0. The fourth-order valence-electron chi connectivity index (χ4n) is 6.29. The third kappa shape index (κ3) is 4.81. The molecule has 3 heterocycles. The Bertz CT molecular complexity index is 1560. The number of urea groups is 1. The molecular formula is C33H31N5O3. The summed E-state index contributed by atoms with van der Waals surface area (Å²) in [6.45, 7) is 4.70. The van der Waals surface area contributed by atoms with E-state index in [9.17, 15) is 14.9 Å². The normalized spacial score (nSPS) is 18.6. The van der Waals surface area contributed by atoms with Crippen molar-refractivity contribution in [1.29, 1.82) is 10.5 Å². The Morgan fingerprint density at radius 3 is 2.10 bits per heavy atom. The molecule has 8 nitrogen and oxygen atoms in total. The molecule has 0 aliphatic carbocycles. The number of likely N-dealkylation sites (tertiary alicyclic amines) is 1. The summed E-state index contributed by atoms with van der Waals surface area (Å²) in [6.07, 6.45) is 2.01. The van der Waals surface area contributed by atoms with E-state index in [0.29, 0.717) is 37.1 Å². The van der Waals surface area contributed by atoms with Crippen LogP contribution in [0, 0.1) is 22.7 Å². The number of imide groups is 1. The van der Waals surface area contributed by atoms with Gasteiger partial charge in [0.15, 0.2) is 0 Å². The van der Waals surface area contributed by atoms with Crippen LogP contribution in [-0.2, 0) is 24.3 Å². The number of rotatable bonds is 6. The molecule has 0 bridgehead atoms. The van der Waals surface area contributed by atoms with Gasteiger partial charge in [0.25, 0.3) is 5.91 Å². The van der Waals surface area contributed by atoms with Crippen LogP contribution in [0.5, 0.6) is 5.75 Å². The minimum Gasteiger partial charge on any atom is -0.493 e. The van der Waals surface area contributed by atoms with Crippen molar-refractivity contribution in [3.63, 3.8) is 0 Å². The van der Waals surface area contributed by atoms with Crippen molar-refractivity contribution in [3.8, 4) is 17.9 Å². The highest BCUT2D eigenvalue weighted by Gasteiger charge is 2.58. The first-order valence-corrected chi connectivity index (χ1v) is 14.0. The smallest absolute Gasteiger partial charge is 0.328 e.